The van der Waals surface area contributed by atoms with E-state index in [1.807, 2.05) is 47.5 Å². The summed E-state index contributed by atoms with van der Waals surface area (Å²) in [5.41, 5.74) is 11.3. The van der Waals surface area contributed by atoms with Gasteiger partial charge in [0.05, 0.1) is 18.8 Å². The molecule has 10 heteroatoms. The van der Waals surface area contributed by atoms with Gasteiger partial charge in [-0.3, -0.25) is 9.59 Å². The first-order valence-corrected chi connectivity index (χ1v) is 14.1. The molecule has 1 aliphatic rings. The van der Waals surface area contributed by atoms with E-state index >= 15 is 0 Å². The highest BCUT2D eigenvalue weighted by Crippen LogP contribution is 2.29. The van der Waals surface area contributed by atoms with Crippen LogP contribution in [0, 0.1) is 5.82 Å². The molecule has 3 aromatic carbocycles. The minimum atomic E-state index is -0.812. The Hall–Kier alpha value is -5.09. The van der Waals surface area contributed by atoms with Gasteiger partial charge in [0.25, 0.3) is 5.91 Å². The van der Waals surface area contributed by atoms with Gasteiger partial charge in [-0.05, 0) is 72.0 Å². The van der Waals surface area contributed by atoms with Crippen LogP contribution in [-0.2, 0) is 11.2 Å². The number of pyridine rings is 1. The van der Waals surface area contributed by atoms with Crippen LogP contribution in [0.25, 0.3) is 16.8 Å². The molecule has 1 aliphatic heterocycles. The van der Waals surface area contributed by atoms with Crippen molar-refractivity contribution in [3.05, 3.63) is 108 Å². The lowest BCUT2D eigenvalue weighted by Crippen LogP contribution is -2.27. The second-order valence-corrected chi connectivity index (χ2v) is 10.6. The number of amides is 1. The molecule has 0 saturated carbocycles. The van der Waals surface area contributed by atoms with Crippen LogP contribution < -0.4 is 15.8 Å². The number of methoxy groups -OCH3 is 1. The van der Waals surface area contributed by atoms with Crippen molar-refractivity contribution in [1.82, 2.24) is 19.5 Å². The van der Waals surface area contributed by atoms with Crippen LogP contribution in [0.1, 0.15) is 40.4 Å². The number of likely N-dealkylation sites (tertiary alicyclic amines) is 1. The number of Topliss-reactive ketones (excluding diaryl/α,β-unsaturated/α-hetero) is 1. The summed E-state index contributed by atoms with van der Waals surface area (Å²) in [4.78, 5) is 31.9. The molecule has 0 spiro atoms. The minimum absolute atomic E-state index is 0.00828. The highest BCUT2D eigenvalue weighted by molar-refractivity contribution is 5.95. The van der Waals surface area contributed by atoms with Crippen molar-refractivity contribution in [2.24, 2.45) is 5.73 Å². The van der Waals surface area contributed by atoms with Crippen LogP contribution in [0.2, 0.25) is 0 Å². The summed E-state index contributed by atoms with van der Waals surface area (Å²) in [7, 11) is 1.56. The lowest BCUT2D eigenvalue weighted by Gasteiger charge is -2.16. The molecule has 0 unspecified atom stereocenters. The van der Waals surface area contributed by atoms with Gasteiger partial charge >= 0.3 is 0 Å². The number of ketones is 1. The largest absolute Gasteiger partial charge is 0.495 e. The predicted molar refractivity (Wildman–Crippen MR) is 162 cm³/mol. The van der Waals surface area contributed by atoms with Crippen LogP contribution in [0.3, 0.4) is 0 Å². The first-order valence-electron chi connectivity index (χ1n) is 14.1. The van der Waals surface area contributed by atoms with Gasteiger partial charge in [-0.1, -0.05) is 36.4 Å². The third-order valence-electron chi connectivity index (χ3n) is 7.66. The van der Waals surface area contributed by atoms with Crippen molar-refractivity contribution in [3.63, 3.8) is 0 Å². The van der Waals surface area contributed by atoms with Crippen molar-refractivity contribution in [1.29, 1.82) is 0 Å². The smallest absolute Gasteiger partial charge is 0.253 e. The molecule has 0 aliphatic carbocycles. The maximum atomic E-state index is 13.2. The lowest BCUT2D eigenvalue weighted by molar-refractivity contribution is -0.119. The average Bonchev–Trinajstić information content (AvgIpc) is 3.71. The fourth-order valence-corrected chi connectivity index (χ4v) is 5.24. The standard InChI is InChI=1S/C33H31FN6O3/c1-43-29-19-24(32(42)39-16-2-3-17-39)10-14-27(29)36-33-37-30-15-11-25(20-40(30)38-33)22-6-4-21(5-7-22)18-28(41)31(35)23-8-12-26(34)13-9-23/h4-15,19-20,31H,2-3,16-18,35H2,1H3,(H,36,38)/t31-/m1/s1. The number of nitrogens with two attached hydrogens (primary N) is 1. The summed E-state index contributed by atoms with van der Waals surface area (Å²) >= 11 is 0. The van der Waals surface area contributed by atoms with Crippen LogP contribution in [0.15, 0.2) is 85.1 Å². The van der Waals surface area contributed by atoms with Crippen LogP contribution in [-0.4, -0.2) is 51.4 Å². The number of nitrogens with zero attached hydrogens (tertiary/aromatic N) is 4. The van der Waals surface area contributed by atoms with Gasteiger partial charge in [0.15, 0.2) is 11.4 Å². The number of hydrogen-bond acceptors (Lipinski definition) is 7. The molecule has 5 aromatic rings. The van der Waals surface area contributed by atoms with E-state index in [0.29, 0.717) is 34.2 Å². The van der Waals surface area contributed by atoms with Crippen LogP contribution >= 0.6 is 0 Å². The first kappa shape index (κ1) is 28.0. The minimum Gasteiger partial charge on any atom is -0.495 e. The summed E-state index contributed by atoms with van der Waals surface area (Å²) in [6.07, 6.45) is 4.12. The molecule has 1 fully saturated rings. The fourth-order valence-electron chi connectivity index (χ4n) is 5.24. The molecule has 0 radical (unpaired) electrons. The fraction of sp³-hybridized carbons (Fsp3) is 0.212. The maximum absolute atomic E-state index is 13.2. The number of ether oxygens (including phenoxy) is 1. The quantitative estimate of drug-likeness (QED) is 0.243. The number of carbonyl (C=O) groups is 2. The summed E-state index contributed by atoms with van der Waals surface area (Å²) in [6, 6.07) is 21.7. The number of fused-ring (bicyclic) bond motifs is 1. The predicted octanol–water partition coefficient (Wildman–Crippen LogP) is 5.34. The Kier molecular flexibility index (Phi) is 7.84. The number of benzene rings is 3. The number of aromatic nitrogens is 3. The highest BCUT2D eigenvalue weighted by atomic mass is 19.1. The normalized spacial score (nSPS) is 13.7. The molecule has 43 heavy (non-hydrogen) atoms. The van der Waals surface area contributed by atoms with E-state index < -0.39 is 6.04 Å². The zero-order chi connectivity index (χ0) is 29.9. The third kappa shape index (κ3) is 6.09. The average molecular weight is 579 g/mol. The molecule has 218 valence electrons. The van der Waals surface area contributed by atoms with Gasteiger partial charge in [-0.2, -0.15) is 4.98 Å². The van der Waals surface area contributed by atoms with E-state index in [1.165, 1.54) is 24.3 Å². The molecular formula is C33H31FN6O3. The van der Waals surface area contributed by atoms with E-state index in [0.717, 1.165) is 42.6 Å². The van der Waals surface area contributed by atoms with Gasteiger partial charge < -0.3 is 20.7 Å². The molecule has 1 atom stereocenters. The monoisotopic (exact) mass is 578 g/mol. The van der Waals surface area contributed by atoms with E-state index in [1.54, 1.807) is 29.8 Å². The summed E-state index contributed by atoms with van der Waals surface area (Å²) < 4.78 is 20.4. The van der Waals surface area contributed by atoms with Gasteiger partial charge in [0.2, 0.25) is 5.95 Å². The summed E-state index contributed by atoms with van der Waals surface area (Å²) in [5, 5.41) is 7.79. The van der Waals surface area contributed by atoms with Gasteiger partial charge in [-0.25, -0.2) is 8.91 Å². The number of carbonyl (C=O) groups excluding carboxylic acids is 2. The molecule has 9 nitrogen and oxygen atoms in total. The Morgan fingerprint density at radius 1 is 0.977 bits per heavy atom. The Balaban J connectivity index is 1.14. The van der Waals surface area contributed by atoms with Gasteiger partial charge in [0, 0.05) is 36.8 Å². The van der Waals surface area contributed by atoms with Crippen molar-refractivity contribution in [3.8, 4) is 16.9 Å². The Morgan fingerprint density at radius 2 is 1.70 bits per heavy atom. The Bertz CT molecular complexity index is 1780. The summed E-state index contributed by atoms with van der Waals surface area (Å²) in [5.74, 6) is 0.413. The lowest BCUT2D eigenvalue weighted by atomic mass is 9.97. The maximum Gasteiger partial charge on any atom is 0.253 e. The Morgan fingerprint density at radius 3 is 2.42 bits per heavy atom. The Labute approximate surface area is 248 Å². The molecule has 1 saturated heterocycles. The van der Waals surface area contributed by atoms with Gasteiger partial charge in [0.1, 0.15) is 11.6 Å². The molecule has 2 aromatic heterocycles. The second kappa shape index (κ2) is 12.0. The van der Waals surface area contributed by atoms with E-state index in [9.17, 15) is 14.0 Å². The van der Waals surface area contributed by atoms with Gasteiger partial charge in [-0.15, -0.1) is 5.10 Å². The molecular weight excluding hydrogens is 547 g/mol. The van der Waals surface area contributed by atoms with Crippen molar-refractivity contribution < 1.29 is 18.7 Å². The summed E-state index contributed by atoms with van der Waals surface area (Å²) in [6.45, 7) is 1.57. The number of halogens is 1. The molecule has 3 heterocycles. The van der Waals surface area contributed by atoms with Crippen LogP contribution in [0.5, 0.6) is 5.75 Å². The topological polar surface area (TPSA) is 115 Å². The van der Waals surface area contributed by atoms with E-state index in [4.69, 9.17) is 10.5 Å². The second-order valence-electron chi connectivity index (χ2n) is 10.6. The van der Waals surface area contributed by atoms with Crippen molar-refractivity contribution in [2.45, 2.75) is 25.3 Å². The number of hydrogen-bond donors (Lipinski definition) is 2. The molecule has 1 amide bonds. The number of anilines is 2. The first-order chi connectivity index (χ1) is 20.9. The van der Waals surface area contributed by atoms with Crippen molar-refractivity contribution in [2.75, 3.05) is 25.5 Å². The SMILES string of the molecule is COc1cc(C(=O)N2CCCC2)ccc1Nc1nc2ccc(-c3ccc(CC(=O)[C@H](N)c4ccc(F)cc4)cc3)cn2n1. The van der Waals surface area contributed by atoms with E-state index in [2.05, 4.69) is 15.4 Å². The highest BCUT2D eigenvalue weighted by Gasteiger charge is 2.21. The molecule has 6 rings (SSSR count). The number of nitrogens with one attached hydrogen (secondary N) is 1. The van der Waals surface area contributed by atoms with Crippen LogP contribution in [0.4, 0.5) is 16.0 Å². The third-order valence-corrected chi connectivity index (χ3v) is 7.66. The zero-order valence-corrected chi connectivity index (χ0v) is 23.7. The van der Waals surface area contributed by atoms with Crippen molar-refractivity contribution >= 4 is 29.0 Å². The zero-order valence-electron chi connectivity index (χ0n) is 23.7. The molecule has 3 N–H and O–H groups in total. The molecule has 0 bridgehead atoms. The number of rotatable bonds is 9. The van der Waals surface area contributed by atoms with E-state index in [-0.39, 0.29) is 23.9 Å².